The van der Waals surface area contributed by atoms with Crippen LogP contribution in [0, 0.1) is 5.92 Å². The number of benzene rings is 1. The minimum Gasteiger partial charge on any atom is -0.328 e. The van der Waals surface area contributed by atoms with Gasteiger partial charge in [-0.2, -0.15) is 23.0 Å². The van der Waals surface area contributed by atoms with Crippen molar-refractivity contribution in [2.75, 3.05) is 12.8 Å². The molecule has 180 valence electrons. The number of sulfone groups is 1. The van der Waals surface area contributed by atoms with Gasteiger partial charge in [0.2, 0.25) is 0 Å². The summed E-state index contributed by atoms with van der Waals surface area (Å²) in [5.41, 5.74) is -1.58. The summed E-state index contributed by atoms with van der Waals surface area (Å²) < 4.78 is 65.9. The van der Waals surface area contributed by atoms with Gasteiger partial charge < -0.3 is 4.90 Å². The van der Waals surface area contributed by atoms with E-state index < -0.39 is 38.4 Å². The fraction of sp³-hybridized carbons (Fsp3) is 0.381. The van der Waals surface area contributed by atoms with Crippen LogP contribution in [0.5, 0.6) is 0 Å². The molecule has 0 bridgehead atoms. The van der Waals surface area contributed by atoms with Gasteiger partial charge in [0.25, 0.3) is 11.9 Å². The summed E-state index contributed by atoms with van der Waals surface area (Å²) in [5.74, 6) is -0.00975. The van der Waals surface area contributed by atoms with Gasteiger partial charge in [0.15, 0.2) is 15.7 Å². The van der Waals surface area contributed by atoms with E-state index in [0.717, 1.165) is 25.2 Å². The molecule has 2 aromatic heterocycles. The molecule has 4 rings (SSSR count). The van der Waals surface area contributed by atoms with Crippen LogP contribution in [-0.4, -0.2) is 56.8 Å². The highest BCUT2D eigenvalue weighted by Gasteiger charge is 2.36. The first-order valence-electron chi connectivity index (χ1n) is 10.4. The molecular formula is C21H21F3N6O3S. The van der Waals surface area contributed by atoms with E-state index in [0.29, 0.717) is 18.0 Å². The van der Waals surface area contributed by atoms with E-state index >= 15 is 0 Å². The number of aromatic nitrogens is 5. The van der Waals surface area contributed by atoms with E-state index in [1.54, 1.807) is 13.0 Å². The maximum Gasteiger partial charge on any atom is 0.416 e. The lowest BCUT2D eigenvalue weighted by atomic mass is 10.1. The molecule has 0 spiro atoms. The van der Waals surface area contributed by atoms with E-state index in [2.05, 4.69) is 20.1 Å². The van der Waals surface area contributed by atoms with Crippen molar-refractivity contribution in [1.29, 1.82) is 0 Å². The van der Waals surface area contributed by atoms with Crippen LogP contribution in [0.2, 0.25) is 0 Å². The first-order valence-corrected chi connectivity index (χ1v) is 12.2. The number of alkyl halides is 3. The minimum absolute atomic E-state index is 0.191. The second-order valence-electron chi connectivity index (χ2n) is 8.17. The first-order chi connectivity index (χ1) is 15.9. The molecule has 3 aromatic rings. The minimum atomic E-state index is -4.83. The van der Waals surface area contributed by atoms with Crippen molar-refractivity contribution in [1.82, 2.24) is 29.6 Å². The second kappa shape index (κ2) is 8.78. The molecule has 2 heterocycles. The maximum atomic E-state index is 13.5. The Morgan fingerprint density at radius 3 is 2.44 bits per heavy atom. The Balaban J connectivity index is 1.76. The third kappa shape index (κ3) is 5.08. The number of carbonyl (C=O) groups is 1. The summed E-state index contributed by atoms with van der Waals surface area (Å²) >= 11 is 0. The summed E-state index contributed by atoms with van der Waals surface area (Å²) in [6, 6.07) is 3.10. The predicted molar refractivity (Wildman–Crippen MR) is 114 cm³/mol. The highest BCUT2D eigenvalue weighted by molar-refractivity contribution is 7.90. The molecule has 0 N–H and O–H groups in total. The second-order valence-corrected chi connectivity index (χ2v) is 10.2. The Morgan fingerprint density at radius 1 is 1.18 bits per heavy atom. The van der Waals surface area contributed by atoms with Crippen molar-refractivity contribution < 1.29 is 26.4 Å². The SMILES string of the molecule is CC(c1ncnn1-c1ncccn1)N(CC1CC1)C(=O)c1cc(C(F)(F)F)cc(S(C)(=O)=O)c1. The van der Waals surface area contributed by atoms with Crippen LogP contribution >= 0.6 is 0 Å². The smallest absolute Gasteiger partial charge is 0.328 e. The monoisotopic (exact) mass is 494 g/mol. The summed E-state index contributed by atoms with van der Waals surface area (Å²) in [6.45, 7) is 1.95. The zero-order valence-electron chi connectivity index (χ0n) is 18.3. The molecule has 9 nitrogen and oxygen atoms in total. The highest BCUT2D eigenvalue weighted by atomic mass is 32.2. The van der Waals surface area contributed by atoms with Crippen molar-refractivity contribution in [3.8, 4) is 5.95 Å². The fourth-order valence-electron chi connectivity index (χ4n) is 3.49. The lowest BCUT2D eigenvalue weighted by molar-refractivity contribution is -0.137. The summed E-state index contributed by atoms with van der Waals surface area (Å²) in [4.78, 5) is 26.8. The fourth-order valence-corrected chi connectivity index (χ4v) is 4.17. The zero-order valence-corrected chi connectivity index (χ0v) is 19.1. The molecule has 1 saturated carbocycles. The number of hydrogen-bond acceptors (Lipinski definition) is 7. The molecule has 0 aliphatic heterocycles. The third-order valence-electron chi connectivity index (χ3n) is 5.48. The summed E-state index contributed by atoms with van der Waals surface area (Å²) in [7, 11) is -4.00. The van der Waals surface area contributed by atoms with Gasteiger partial charge in [0, 0.05) is 30.8 Å². The topological polar surface area (TPSA) is 111 Å². The van der Waals surface area contributed by atoms with Crippen molar-refractivity contribution in [3.63, 3.8) is 0 Å². The van der Waals surface area contributed by atoms with E-state index in [9.17, 15) is 26.4 Å². The quantitative estimate of drug-likeness (QED) is 0.496. The Labute approximate surface area is 193 Å². The molecule has 1 aliphatic rings. The molecular weight excluding hydrogens is 473 g/mol. The number of rotatable bonds is 7. The van der Waals surface area contributed by atoms with Gasteiger partial charge in [-0.3, -0.25) is 4.79 Å². The van der Waals surface area contributed by atoms with Gasteiger partial charge >= 0.3 is 6.18 Å². The van der Waals surface area contributed by atoms with Gasteiger partial charge in [0.1, 0.15) is 6.33 Å². The molecule has 1 unspecified atom stereocenters. The zero-order chi connectivity index (χ0) is 24.7. The lowest BCUT2D eigenvalue weighted by Gasteiger charge is -2.29. The lowest BCUT2D eigenvalue weighted by Crippen LogP contribution is -2.37. The van der Waals surface area contributed by atoms with Crippen molar-refractivity contribution >= 4 is 15.7 Å². The molecule has 1 aromatic carbocycles. The maximum absolute atomic E-state index is 13.5. The largest absolute Gasteiger partial charge is 0.416 e. The molecule has 1 atom stereocenters. The normalized spacial score (nSPS) is 15.2. The van der Waals surface area contributed by atoms with E-state index in [1.165, 1.54) is 28.3 Å². The Morgan fingerprint density at radius 2 is 1.85 bits per heavy atom. The van der Waals surface area contributed by atoms with Crippen molar-refractivity contribution in [2.24, 2.45) is 5.92 Å². The number of amides is 1. The Bertz CT molecular complexity index is 1310. The van der Waals surface area contributed by atoms with Crippen LogP contribution in [0.25, 0.3) is 5.95 Å². The van der Waals surface area contributed by atoms with Crippen LogP contribution in [0.15, 0.2) is 47.9 Å². The standard InChI is InChI=1S/C21H21F3N6O3S/c1-13(18-27-12-28-30(18)20-25-6-3-7-26-20)29(11-14-4-5-14)19(31)15-8-16(21(22,23)24)10-17(9-15)34(2,32)33/h3,6-10,12-14H,4-5,11H2,1-2H3. The summed E-state index contributed by atoms with van der Waals surface area (Å²) in [5, 5.41) is 4.12. The van der Waals surface area contributed by atoms with Gasteiger partial charge in [-0.25, -0.2) is 23.4 Å². The van der Waals surface area contributed by atoms with Crippen LogP contribution < -0.4 is 0 Å². The number of hydrogen-bond donors (Lipinski definition) is 0. The van der Waals surface area contributed by atoms with E-state index in [1.807, 2.05) is 0 Å². The molecule has 0 radical (unpaired) electrons. The van der Waals surface area contributed by atoms with Gasteiger partial charge in [0.05, 0.1) is 16.5 Å². The number of halogens is 3. The average Bonchev–Trinajstić information content (AvgIpc) is 3.48. The molecule has 1 amide bonds. The highest BCUT2D eigenvalue weighted by Crippen LogP contribution is 2.35. The van der Waals surface area contributed by atoms with E-state index in [-0.39, 0.29) is 24.0 Å². The van der Waals surface area contributed by atoms with Crippen LogP contribution in [-0.2, 0) is 16.0 Å². The van der Waals surface area contributed by atoms with E-state index in [4.69, 9.17) is 0 Å². The average molecular weight is 494 g/mol. The predicted octanol–water partition coefficient (Wildman–Crippen LogP) is 3.09. The Kier molecular flexibility index (Phi) is 6.14. The molecule has 1 aliphatic carbocycles. The molecule has 0 saturated heterocycles. The Hall–Kier alpha value is -3.35. The first kappa shape index (κ1) is 23.8. The molecule has 13 heteroatoms. The molecule has 1 fully saturated rings. The van der Waals surface area contributed by atoms with Gasteiger partial charge in [-0.15, -0.1) is 0 Å². The van der Waals surface area contributed by atoms with Gasteiger partial charge in [-0.1, -0.05) is 0 Å². The van der Waals surface area contributed by atoms with Crippen molar-refractivity contribution in [3.05, 3.63) is 59.9 Å². The van der Waals surface area contributed by atoms with Crippen molar-refractivity contribution in [2.45, 2.75) is 36.9 Å². The van der Waals surface area contributed by atoms with Gasteiger partial charge in [-0.05, 0) is 49.9 Å². The third-order valence-corrected chi connectivity index (χ3v) is 6.57. The molecule has 34 heavy (non-hydrogen) atoms. The number of carbonyl (C=O) groups excluding carboxylic acids is 1. The number of nitrogens with zero attached hydrogens (tertiary/aromatic N) is 6. The van der Waals surface area contributed by atoms with Crippen LogP contribution in [0.3, 0.4) is 0 Å². The summed E-state index contributed by atoms with van der Waals surface area (Å²) in [6.07, 6.45) is 2.03. The van der Waals surface area contributed by atoms with Crippen LogP contribution in [0.4, 0.5) is 13.2 Å². The van der Waals surface area contributed by atoms with Crippen LogP contribution in [0.1, 0.15) is 47.6 Å².